The van der Waals surface area contributed by atoms with Crippen LogP contribution in [0.4, 0.5) is 5.00 Å². The fourth-order valence-electron chi connectivity index (χ4n) is 6.49. The number of aromatic nitrogens is 3. The van der Waals surface area contributed by atoms with Crippen LogP contribution >= 0.6 is 11.3 Å². The zero-order chi connectivity index (χ0) is 30.1. The van der Waals surface area contributed by atoms with Gasteiger partial charge in [0, 0.05) is 54.5 Å². The summed E-state index contributed by atoms with van der Waals surface area (Å²) in [5, 5.41) is 14.7. The van der Waals surface area contributed by atoms with E-state index in [0.717, 1.165) is 49.1 Å². The number of likely N-dealkylation sites (N-methyl/N-ethyl adjacent to an activating group) is 1. The number of rotatable bonds is 8. The number of nitrogens with two attached hydrogens (primary N) is 1. The van der Waals surface area contributed by atoms with Gasteiger partial charge in [-0.1, -0.05) is 11.7 Å². The maximum absolute atomic E-state index is 12.0. The number of carbonyl (C=O) groups is 1. The van der Waals surface area contributed by atoms with Crippen LogP contribution in [-0.4, -0.2) is 76.3 Å². The van der Waals surface area contributed by atoms with Gasteiger partial charge in [0.05, 0.1) is 11.0 Å². The monoisotopic (exact) mass is 603 g/mol. The minimum Gasteiger partial charge on any atom is -0.490 e. The smallest absolute Gasteiger partial charge is 0.245 e. The number of thiophene rings is 1. The average Bonchev–Trinajstić information content (AvgIpc) is 3.75. The van der Waals surface area contributed by atoms with Gasteiger partial charge in [-0.15, -0.1) is 11.3 Å². The van der Waals surface area contributed by atoms with Crippen LogP contribution in [0.2, 0.25) is 0 Å². The highest BCUT2D eigenvalue weighted by atomic mass is 32.1. The van der Waals surface area contributed by atoms with Gasteiger partial charge in [0.1, 0.15) is 35.2 Å². The SMILES string of the molecule is C=CC(=O)N1CCC(Oc2cc(OC[C@@H]3CCCN3C)nc(-c3noc([C@]4(C)CCCc5sc(N)c(C#N)c54)n3)c2)CC1. The molecule has 3 aromatic rings. The lowest BCUT2D eigenvalue weighted by Crippen LogP contribution is -2.41. The van der Waals surface area contributed by atoms with Crippen molar-refractivity contribution in [3.05, 3.63) is 46.7 Å². The maximum atomic E-state index is 12.0. The molecule has 1 amide bonds. The first-order valence-electron chi connectivity index (χ1n) is 14.9. The summed E-state index contributed by atoms with van der Waals surface area (Å²) in [6, 6.07) is 6.23. The third kappa shape index (κ3) is 5.71. The fraction of sp³-hybridized carbons (Fsp3) is 0.516. The number of carbonyl (C=O) groups excluding carboxylic acids is 1. The molecule has 43 heavy (non-hydrogen) atoms. The van der Waals surface area contributed by atoms with Gasteiger partial charge in [-0.05, 0) is 58.7 Å². The summed E-state index contributed by atoms with van der Waals surface area (Å²) in [4.78, 5) is 26.8. The Morgan fingerprint density at radius 1 is 1.28 bits per heavy atom. The Morgan fingerprint density at radius 3 is 2.81 bits per heavy atom. The van der Waals surface area contributed by atoms with Crippen molar-refractivity contribution >= 4 is 22.2 Å². The predicted octanol–water partition coefficient (Wildman–Crippen LogP) is 4.32. The lowest BCUT2D eigenvalue weighted by atomic mass is 9.72. The summed E-state index contributed by atoms with van der Waals surface area (Å²) >= 11 is 1.47. The Bertz CT molecular complexity index is 1550. The number of anilines is 1. The van der Waals surface area contributed by atoms with Gasteiger partial charge in [0.25, 0.3) is 0 Å². The highest BCUT2D eigenvalue weighted by molar-refractivity contribution is 7.16. The van der Waals surface area contributed by atoms with Gasteiger partial charge in [0.15, 0.2) is 0 Å². The maximum Gasteiger partial charge on any atom is 0.245 e. The number of hydrogen-bond acceptors (Lipinski definition) is 11. The van der Waals surface area contributed by atoms with Gasteiger partial charge in [-0.2, -0.15) is 10.2 Å². The first-order valence-corrected chi connectivity index (χ1v) is 15.7. The molecule has 0 radical (unpaired) electrons. The van der Waals surface area contributed by atoms with E-state index in [1.54, 1.807) is 4.90 Å². The summed E-state index contributed by atoms with van der Waals surface area (Å²) in [6.07, 6.45) is 7.49. The highest BCUT2D eigenvalue weighted by Crippen LogP contribution is 2.48. The molecule has 0 unspecified atom stereocenters. The van der Waals surface area contributed by atoms with Gasteiger partial charge in [-0.3, -0.25) is 4.79 Å². The van der Waals surface area contributed by atoms with Crippen molar-refractivity contribution in [1.29, 1.82) is 5.26 Å². The number of pyridine rings is 1. The molecule has 2 aliphatic heterocycles. The molecule has 2 saturated heterocycles. The molecular formula is C31H37N7O4S. The van der Waals surface area contributed by atoms with Crippen molar-refractivity contribution in [2.75, 3.05) is 39.0 Å². The van der Waals surface area contributed by atoms with Crippen LogP contribution in [0.25, 0.3) is 11.5 Å². The summed E-state index contributed by atoms with van der Waals surface area (Å²) in [6.45, 7) is 8.42. The molecule has 0 saturated carbocycles. The zero-order valence-corrected chi connectivity index (χ0v) is 25.5. The van der Waals surface area contributed by atoms with Crippen LogP contribution in [0.5, 0.6) is 11.6 Å². The largest absolute Gasteiger partial charge is 0.490 e. The molecule has 0 aromatic carbocycles. The second-order valence-electron chi connectivity index (χ2n) is 11.8. The number of amides is 1. The van der Waals surface area contributed by atoms with Crippen LogP contribution in [0.1, 0.15) is 67.3 Å². The minimum absolute atomic E-state index is 0.0593. The molecule has 3 aliphatic rings. The number of nitrogen functional groups attached to an aromatic ring is 1. The topological polar surface area (TPSA) is 144 Å². The number of aryl methyl sites for hydroxylation is 1. The number of likely N-dealkylation sites (tertiary alicyclic amines) is 2. The summed E-state index contributed by atoms with van der Waals surface area (Å²) in [5.74, 6) is 1.73. The summed E-state index contributed by atoms with van der Waals surface area (Å²) in [5.41, 5.74) is 7.46. The Labute approximate surface area is 255 Å². The number of nitrogens with zero attached hydrogens (tertiary/aromatic N) is 6. The van der Waals surface area contributed by atoms with E-state index >= 15 is 0 Å². The number of nitriles is 1. The quantitative estimate of drug-likeness (QED) is 0.370. The number of fused-ring (bicyclic) bond motifs is 1. The molecule has 0 spiro atoms. The van der Waals surface area contributed by atoms with Crippen LogP contribution in [-0.2, 0) is 16.6 Å². The van der Waals surface area contributed by atoms with Crippen LogP contribution in [0.3, 0.4) is 0 Å². The molecule has 2 atom stereocenters. The van der Waals surface area contributed by atoms with Crippen molar-refractivity contribution in [2.45, 2.75) is 69.4 Å². The third-order valence-corrected chi connectivity index (χ3v) is 10.1. The molecule has 5 heterocycles. The standard InChI is InChI=1S/C31H37N7O4S/c1-4-26(39)38-13-9-20(10-14-38)41-21-15-23(34-25(16-21)40-18-19-7-6-12-37(19)3)29-35-30(42-36-29)31(2)11-5-8-24-27(31)22(17-32)28(33)43-24/h4,15-16,19-20H,1,5-14,18,33H2,2-3H3/t19-,31+/m0/s1. The van der Waals surface area contributed by atoms with E-state index < -0.39 is 5.41 Å². The van der Waals surface area contributed by atoms with Crippen molar-refractivity contribution in [3.63, 3.8) is 0 Å². The van der Waals surface area contributed by atoms with Crippen molar-refractivity contribution in [2.24, 2.45) is 0 Å². The van der Waals surface area contributed by atoms with E-state index in [0.29, 0.717) is 78.2 Å². The molecule has 1 aliphatic carbocycles. The molecular weight excluding hydrogens is 566 g/mol. The van der Waals surface area contributed by atoms with E-state index in [2.05, 4.69) is 29.8 Å². The van der Waals surface area contributed by atoms with Crippen LogP contribution < -0.4 is 15.2 Å². The second kappa shape index (κ2) is 12.0. The van der Waals surface area contributed by atoms with E-state index in [-0.39, 0.29) is 12.0 Å². The highest BCUT2D eigenvalue weighted by Gasteiger charge is 2.43. The molecule has 12 heteroatoms. The zero-order valence-electron chi connectivity index (χ0n) is 24.7. The number of ether oxygens (including phenoxy) is 2. The molecule has 2 N–H and O–H groups in total. The fourth-order valence-corrected chi connectivity index (χ4v) is 7.68. The molecule has 6 rings (SSSR count). The third-order valence-electron chi connectivity index (χ3n) is 8.98. The average molecular weight is 604 g/mol. The van der Waals surface area contributed by atoms with E-state index in [9.17, 15) is 10.1 Å². The lowest BCUT2D eigenvalue weighted by Gasteiger charge is -2.31. The van der Waals surface area contributed by atoms with Crippen LogP contribution in [0.15, 0.2) is 29.3 Å². The van der Waals surface area contributed by atoms with Crippen molar-refractivity contribution in [1.82, 2.24) is 24.9 Å². The van der Waals surface area contributed by atoms with E-state index in [4.69, 9.17) is 29.7 Å². The second-order valence-corrected chi connectivity index (χ2v) is 13.0. The Hall–Kier alpha value is -3.95. The molecule has 2 fully saturated rings. The number of piperidine rings is 1. The van der Waals surface area contributed by atoms with Crippen molar-refractivity contribution in [3.8, 4) is 29.2 Å². The molecule has 3 aromatic heterocycles. The summed E-state index contributed by atoms with van der Waals surface area (Å²) < 4.78 is 18.5. The molecule has 226 valence electrons. The van der Waals surface area contributed by atoms with Gasteiger partial charge < -0.3 is 29.5 Å². The van der Waals surface area contributed by atoms with E-state index in [1.165, 1.54) is 17.4 Å². The van der Waals surface area contributed by atoms with Crippen molar-refractivity contribution < 1.29 is 18.8 Å². The number of hydrogen-bond donors (Lipinski definition) is 1. The lowest BCUT2D eigenvalue weighted by molar-refractivity contribution is -0.127. The normalized spacial score (nSPS) is 22.6. The van der Waals surface area contributed by atoms with Crippen LogP contribution in [0, 0.1) is 11.3 Å². The Kier molecular flexibility index (Phi) is 8.11. The Balaban J connectivity index is 1.28. The van der Waals surface area contributed by atoms with Gasteiger partial charge in [0.2, 0.25) is 23.5 Å². The predicted molar refractivity (Wildman–Crippen MR) is 162 cm³/mol. The van der Waals surface area contributed by atoms with E-state index in [1.807, 2.05) is 19.1 Å². The van der Waals surface area contributed by atoms with Gasteiger partial charge in [-0.25, -0.2) is 4.98 Å². The summed E-state index contributed by atoms with van der Waals surface area (Å²) in [7, 11) is 2.11. The molecule has 0 bridgehead atoms. The minimum atomic E-state index is -0.630. The first kappa shape index (κ1) is 29.1. The molecule has 11 nitrogen and oxygen atoms in total. The Morgan fingerprint density at radius 2 is 2.09 bits per heavy atom. The van der Waals surface area contributed by atoms with Gasteiger partial charge >= 0.3 is 0 Å². The first-order chi connectivity index (χ1) is 20.8.